The number of carboxylic acids is 1. The van der Waals surface area contributed by atoms with Crippen LogP contribution in [0.3, 0.4) is 0 Å². The molecular weight excluding hydrogens is 299 g/mol. The van der Waals surface area contributed by atoms with Crippen molar-refractivity contribution in [2.24, 2.45) is 17.8 Å². The smallest absolute Gasteiger partial charge is 0.391 e. The van der Waals surface area contributed by atoms with Gasteiger partial charge in [-0.15, -0.1) is 0 Å². The zero-order valence-corrected chi connectivity index (χ0v) is 12.4. The number of piperidine rings is 1. The maximum atomic E-state index is 12.6. The number of carbonyl (C=O) groups is 2. The highest BCUT2D eigenvalue weighted by atomic mass is 19.4. The van der Waals surface area contributed by atoms with Crippen molar-refractivity contribution < 1.29 is 27.9 Å². The van der Waals surface area contributed by atoms with E-state index in [1.165, 1.54) is 0 Å². The normalized spacial score (nSPS) is 30.1. The maximum Gasteiger partial charge on any atom is 0.391 e. The molecule has 1 saturated carbocycles. The van der Waals surface area contributed by atoms with E-state index in [9.17, 15) is 22.8 Å². The van der Waals surface area contributed by atoms with Crippen LogP contribution >= 0.6 is 0 Å². The monoisotopic (exact) mass is 321 g/mol. The molecular formula is C15H22F3NO3. The van der Waals surface area contributed by atoms with Crippen molar-refractivity contribution in [3.05, 3.63) is 0 Å². The summed E-state index contributed by atoms with van der Waals surface area (Å²) in [6.45, 7) is 0.784. The van der Waals surface area contributed by atoms with Crippen molar-refractivity contribution in [2.45, 2.75) is 51.1 Å². The molecule has 0 aromatic heterocycles. The van der Waals surface area contributed by atoms with Crippen LogP contribution in [-0.4, -0.2) is 41.1 Å². The van der Waals surface area contributed by atoms with E-state index in [1.54, 1.807) is 4.90 Å². The van der Waals surface area contributed by atoms with Gasteiger partial charge in [0.2, 0.25) is 5.91 Å². The van der Waals surface area contributed by atoms with Gasteiger partial charge in [0, 0.05) is 19.5 Å². The fourth-order valence-corrected chi connectivity index (χ4v) is 3.48. The molecule has 1 aliphatic heterocycles. The first-order valence-corrected chi connectivity index (χ1v) is 7.84. The molecule has 1 aliphatic carbocycles. The minimum absolute atomic E-state index is 0.00342. The molecule has 2 fully saturated rings. The van der Waals surface area contributed by atoms with Gasteiger partial charge in [0.15, 0.2) is 0 Å². The Morgan fingerprint density at radius 3 is 2.27 bits per heavy atom. The number of hydrogen-bond donors (Lipinski definition) is 1. The Hall–Kier alpha value is -1.27. The van der Waals surface area contributed by atoms with Gasteiger partial charge < -0.3 is 10.0 Å². The summed E-state index contributed by atoms with van der Waals surface area (Å²) in [4.78, 5) is 24.8. The lowest BCUT2D eigenvalue weighted by Crippen LogP contribution is -2.43. The molecule has 126 valence electrons. The molecule has 7 heteroatoms. The van der Waals surface area contributed by atoms with Gasteiger partial charge in [-0.3, -0.25) is 9.59 Å². The van der Waals surface area contributed by atoms with Gasteiger partial charge in [-0.1, -0.05) is 0 Å². The second-order valence-electron chi connectivity index (χ2n) is 6.48. The molecule has 1 N–H and O–H groups in total. The largest absolute Gasteiger partial charge is 0.481 e. The molecule has 0 bridgehead atoms. The second-order valence-corrected chi connectivity index (χ2v) is 6.48. The van der Waals surface area contributed by atoms with Gasteiger partial charge in [0.05, 0.1) is 11.8 Å². The van der Waals surface area contributed by atoms with Gasteiger partial charge in [0.25, 0.3) is 0 Å². The molecule has 0 aromatic carbocycles. The molecule has 4 nitrogen and oxygen atoms in total. The third-order valence-corrected chi connectivity index (χ3v) is 4.90. The molecule has 1 heterocycles. The van der Waals surface area contributed by atoms with Crippen LogP contribution in [0.4, 0.5) is 13.2 Å². The second kappa shape index (κ2) is 6.87. The van der Waals surface area contributed by atoms with Crippen molar-refractivity contribution in [1.82, 2.24) is 4.90 Å². The maximum absolute atomic E-state index is 12.6. The zero-order chi connectivity index (χ0) is 16.3. The number of likely N-dealkylation sites (tertiary alicyclic amines) is 1. The summed E-state index contributed by atoms with van der Waals surface area (Å²) in [6, 6.07) is 0. The predicted molar refractivity (Wildman–Crippen MR) is 73.1 cm³/mol. The van der Waals surface area contributed by atoms with Crippen LogP contribution < -0.4 is 0 Å². The molecule has 0 radical (unpaired) electrons. The minimum Gasteiger partial charge on any atom is -0.481 e. The molecule has 1 saturated heterocycles. The van der Waals surface area contributed by atoms with Crippen molar-refractivity contribution >= 4 is 11.9 Å². The number of hydrogen-bond acceptors (Lipinski definition) is 2. The average Bonchev–Trinajstić information content (AvgIpc) is 2.47. The summed E-state index contributed by atoms with van der Waals surface area (Å²) in [5.41, 5.74) is 0. The van der Waals surface area contributed by atoms with Crippen LogP contribution in [0.2, 0.25) is 0 Å². The Morgan fingerprint density at radius 2 is 1.73 bits per heavy atom. The van der Waals surface area contributed by atoms with E-state index >= 15 is 0 Å². The highest BCUT2D eigenvalue weighted by molar-refractivity contribution is 5.78. The molecule has 0 spiro atoms. The van der Waals surface area contributed by atoms with E-state index in [0.29, 0.717) is 32.2 Å². The van der Waals surface area contributed by atoms with Crippen LogP contribution in [-0.2, 0) is 9.59 Å². The van der Waals surface area contributed by atoms with Crippen molar-refractivity contribution in [3.8, 4) is 0 Å². The Labute approximate surface area is 127 Å². The zero-order valence-electron chi connectivity index (χ0n) is 12.4. The van der Waals surface area contributed by atoms with E-state index < -0.39 is 24.0 Å². The van der Waals surface area contributed by atoms with Crippen LogP contribution in [0, 0.1) is 17.8 Å². The molecule has 0 aromatic rings. The number of alkyl halides is 3. The van der Waals surface area contributed by atoms with Crippen molar-refractivity contribution in [1.29, 1.82) is 0 Å². The molecule has 1 atom stereocenters. The Balaban J connectivity index is 1.79. The summed E-state index contributed by atoms with van der Waals surface area (Å²) < 4.78 is 37.8. The lowest BCUT2D eigenvalue weighted by atomic mass is 9.80. The number of amides is 1. The van der Waals surface area contributed by atoms with Crippen LogP contribution in [0.5, 0.6) is 0 Å². The number of halogens is 3. The first-order valence-electron chi connectivity index (χ1n) is 7.84. The molecule has 2 aliphatic rings. The first kappa shape index (κ1) is 17.1. The molecule has 1 amide bonds. The van der Waals surface area contributed by atoms with E-state index in [-0.39, 0.29) is 37.6 Å². The Morgan fingerprint density at radius 1 is 1.09 bits per heavy atom. The average molecular weight is 321 g/mol. The predicted octanol–water partition coefficient (Wildman–Crippen LogP) is 3.07. The van der Waals surface area contributed by atoms with Crippen molar-refractivity contribution in [3.63, 3.8) is 0 Å². The Kier molecular flexibility index (Phi) is 5.34. The molecule has 22 heavy (non-hydrogen) atoms. The standard InChI is InChI=1S/C15H22F3NO3/c16-15(17,18)12-5-3-10(4-6-12)8-13(20)19-7-1-2-11(9-19)14(21)22/h10-12H,1-9H2,(H,21,22)/t10?,11-,12?/m0/s1. The van der Waals surface area contributed by atoms with E-state index in [2.05, 4.69) is 0 Å². The first-order chi connectivity index (χ1) is 10.3. The van der Waals surface area contributed by atoms with Crippen LogP contribution in [0.25, 0.3) is 0 Å². The summed E-state index contributed by atoms with van der Waals surface area (Å²) in [6.07, 6.45) is -1.59. The van der Waals surface area contributed by atoms with Crippen molar-refractivity contribution in [2.75, 3.05) is 13.1 Å². The number of carbonyl (C=O) groups excluding carboxylic acids is 1. The topological polar surface area (TPSA) is 57.6 Å². The third-order valence-electron chi connectivity index (χ3n) is 4.90. The molecule has 2 rings (SSSR count). The van der Waals surface area contributed by atoms with E-state index in [1.807, 2.05) is 0 Å². The van der Waals surface area contributed by atoms with E-state index in [0.717, 1.165) is 0 Å². The fraction of sp³-hybridized carbons (Fsp3) is 0.867. The van der Waals surface area contributed by atoms with Crippen LogP contribution in [0.1, 0.15) is 44.9 Å². The quantitative estimate of drug-likeness (QED) is 0.869. The van der Waals surface area contributed by atoms with Gasteiger partial charge in [-0.25, -0.2) is 0 Å². The van der Waals surface area contributed by atoms with Gasteiger partial charge >= 0.3 is 12.1 Å². The highest BCUT2D eigenvalue weighted by Gasteiger charge is 2.41. The van der Waals surface area contributed by atoms with E-state index in [4.69, 9.17) is 5.11 Å². The summed E-state index contributed by atoms with van der Waals surface area (Å²) in [5, 5.41) is 9.02. The SMILES string of the molecule is O=C(O)[C@H]1CCCN(C(=O)CC2CCC(C(F)(F)F)CC2)C1. The summed E-state index contributed by atoms with van der Waals surface area (Å²) in [5.74, 6) is -2.75. The number of rotatable bonds is 3. The number of nitrogens with zero attached hydrogens (tertiary/aromatic N) is 1. The van der Waals surface area contributed by atoms with Crippen LogP contribution in [0.15, 0.2) is 0 Å². The van der Waals surface area contributed by atoms with Gasteiger partial charge in [-0.2, -0.15) is 13.2 Å². The summed E-state index contributed by atoms with van der Waals surface area (Å²) >= 11 is 0. The summed E-state index contributed by atoms with van der Waals surface area (Å²) in [7, 11) is 0. The van der Waals surface area contributed by atoms with Gasteiger partial charge in [0.1, 0.15) is 0 Å². The lowest BCUT2D eigenvalue weighted by Gasteiger charge is -2.34. The van der Waals surface area contributed by atoms with Gasteiger partial charge in [-0.05, 0) is 44.4 Å². The third kappa shape index (κ3) is 4.36. The highest BCUT2D eigenvalue weighted by Crippen LogP contribution is 2.40. The number of aliphatic carboxylic acids is 1. The Bertz CT molecular complexity index is 417. The fourth-order valence-electron chi connectivity index (χ4n) is 3.48. The number of carboxylic acid groups (broad SMARTS) is 1. The lowest BCUT2D eigenvalue weighted by molar-refractivity contribution is -0.184. The minimum atomic E-state index is -4.13. The molecule has 0 unspecified atom stereocenters.